The van der Waals surface area contributed by atoms with Crippen molar-refractivity contribution in [3.63, 3.8) is 0 Å². The van der Waals surface area contributed by atoms with E-state index in [0.717, 1.165) is 17.9 Å². The van der Waals surface area contributed by atoms with Gasteiger partial charge in [0.25, 0.3) is 0 Å². The zero-order valence-corrected chi connectivity index (χ0v) is 9.29. The summed E-state index contributed by atoms with van der Waals surface area (Å²) >= 11 is 0. The molecule has 14 heavy (non-hydrogen) atoms. The van der Waals surface area contributed by atoms with Gasteiger partial charge in [-0.3, -0.25) is 4.98 Å². The molecule has 82 valence electrons. The molecule has 0 aromatic carbocycles. The highest BCUT2D eigenvalue weighted by Gasteiger charge is 1.92. The number of hydrogen-bond acceptors (Lipinski definition) is 3. The molecule has 3 nitrogen and oxygen atoms in total. The second-order valence-electron chi connectivity index (χ2n) is 2.63. The van der Waals surface area contributed by atoms with Crippen LogP contribution >= 0.6 is 0 Å². The number of aryl methyl sites for hydroxylation is 1. The van der Waals surface area contributed by atoms with Gasteiger partial charge in [0.15, 0.2) is 0 Å². The number of hydrogen-bond donors (Lipinski definition) is 1. The molecule has 1 rings (SSSR count). The van der Waals surface area contributed by atoms with Crippen LogP contribution in [0.1, 0.15) is 27.4 Å². The van der Waals surface area contributed by atoms with E-state index < -0.39 is 0 Å². The molecule has 2 N–H and O–H groups in total. The molecule has 0 aliphatic carbocycles. The zero-order valence-electron chi connectivity index (χ0n) is 9.29. The highest BCUT2D eigenvalue weighted by Crippen LogP contribution is 2.08. The zero-order chi connectivity index (χ0) is 10.8. The Hall–Kier alpha value is -1.09. The first-order chi connectivity index (χ1) is 6.83. The minimum Gasteiger partial charge on any atom is -0.492 e. The summed E-state index contributed by atoms with van der Waals surface area (Å²) in [5.74, 6) is 0.814. The molecule has 0 aliphatic rings. The molecule has 0 atom stereocenters. The largest absolute Gasteiger partial charge is 0.492 e. The summed E-state index contributed by atoms with van der Waals surface area (Å²) in [5, 5.41) is 0. The topological polar surface area (TPSA) is 48.1 Å². The van der Waals surface area contributed by atoms with Crippen molar-refractivity contribution in [2.45, 2.75) is 27.2 Å². The van der Waals surface area contributed by atoms with Crippen molar-refractivity contribution < 1.29 is 6.16 Å². The van der Waals surface area contributed by atoms with Gasteiger partial charge in [0.1, 0.15) is 5.75 Å². The van der Waals surface area contributed by atoms with Crippen LogP contribution in [0.5, 0.6) is 5.75 Å². The standard InChI is InChI=1S/C9H14N2O.C2H6.H2/c1-8-3-4-9(7-11-8)12-6-2-5-10;1-2;/h3-4,7H,2,5-6,10H2,1H3;1-2H3;1H. The van der Waals surface area contributed by atoms with Gasteiger partial charge in [0, 0.05) is 7.12 Å². The van der Waals surface area contributed by atoms with Gasteiger partial charge < -0.3 is 10.5 Å². The molecule has 1 aromatic rings. The summed E-state index contributed by atoms with van der Waals surface area (Å²) in [4.78, 5) is 4.10. The lowest BCUT2D eigenvalue weighted by atomic mass is 10.4. The Bertz CT molecular complexity index is 227. The van der Waals surface area contributed by atoms with Crippen LogP contribution in [-0.2, 0) is 0 Å². The molecule has 1 aromatic heterocycles. The molecule has 1 heterocycles. The number of nitrogens with two attached hydrogens (primary N) is 1. The average molecular weight is 198 g/mol. The Morgan fingerprint density at radius 1 is 1.43 bits per heavy atom. The highest BCUT2D eigenvalue weighted by molar-refractivity contribution is 5.18. The van der Waals surface area contributed by atoms with Crippen molar-refractivity contribution in [2.75, 3.05) is 13.2 Å². The van der Waals surface area contributed by atoms with Gasteiger partial charge in [-0.25, -0.2) is 0 Å². The Labute approximate surface area is 87.8 Å². The fourth-order valence-corrected chi connectivity index (χ4v) is 0.813. The van der Waals surface area contributed by atoms with Gasteiger partial charge in [0.2, 0.25) is 0 Å². The lowest BCUT2D eigenvalue weighted by Gasteiger charge is -2.03. The van der Waals surface area contributed by atoms with Gasteiger partial charge in [-0.05, 0) is 32.0 Å². The Balaban J connectivity index is 0. The van der Waals surface area contributed by atoms with Gasteiger partial charge in [-0.1, -0.05) is 13.8 Å². The van der Waals surface area contributed by atoms with Crippen LogP contribution < -0.4 is 10.5 Å². The Kier molecular flexibility index (Phi) is 7.84. The Morgan fingerprint density at radius 2 is 2.14 bits per heavy atom. The summed E-state index contributed by atoms with van der Waals surface area (Å²) in [6.45, 7) is 7.28. The van der Waals surface area contributed by atoms with E-state index in [4.69, 9.17) is 10.5 Å². The van der Waals surface area contributed by atoms with Gasteiger partial charge in [0.05, 0.1) is 12.8 Å². The van der Waals surface area contributed by atoms with Crippen LogP contribution in [0.15, 0.2) is 18.3 Å². The molecule has 0 bridgehead atoms. The van der Waals surface area contributed by atoms with E-state index in [2.05, 4.69) is 4.98 Å². The van der Waals surface area contributed by atoms with Crippen molar-refractivity contribution in [3.05, 3.63) is 24.0 Å². The van der Waals surface area contributed by atoms with Crippen molar-refractivity contribution >= 4 is 0 Å². The maximum absolute atomic E-state index is 5.36. The van der Waals surface area contributed by atoms with Crippen molar-refractivity contribution in [1.82, 2.24) is 4.98 Å². The van der Waals surface area contributed by atoms with Crippen LogP contribution in [-0.4, -0.2) is 18.1 Å². The smallest absolute Gasteiger partial charge is 0.137 e. The lowest BCUT2D eigenvalue weighted by molar-refractivity contribution is 0.312. The first-order valence-electron chi connectivity index (χ1n) is 5.08. The average Bonchev–Trinajstić information content (AvgIpc) is 2.24. The van der Waals surface area contributed by atoms with Crippen LogP contribution in [0.25, 0.3) is 0 Å². The minimum absolute atomic E-state index is 0. The third kappa shape index (κ3) is 5.54. The molecule has 0 amide bonds. The predicted octanol–water partition coefficient (Wildman–Crippen LogP) is 2.39. The Morgan fingerprint density at radius 3 is 2.64 bits per heavy atom. The SMILES string of the molecule is CC.Cc1ccc(OCCCN)cn1.[HH]. The maximum atomic E-state index is 5.36. The molecular formula is C11H22N2O. The van der Waals surface area contributed by atoms with Crippen molar-refractivity contribution in [3.8, 4) is 5.75 Å². The number of pyridine rings is 1. The van der Waals surface area contributed by atoms with Crippen LogP contribution in [0, 0.1) is 6.92 Å². The van der Waals surface area contributed by atoms with Gasteiger partial charge >= 0.3 is 0 Å². The third-order valence-electron chi connectivity index (χ3n) is 1.50. The van der Waals surface area contributed by atoms with Crippen LogP contribution in [0.3, 0.4) is 0 Å². The monoisotopic (exact) mass is 198 g/mol. The maximum Gasteiger partial charge on any atom is 0.137 e. The van der Waals surface area contributed by atoms with E-state index in [0.29, 0.717) is 13.2 Å². The predicted molar refractivity (Wildman–Crippen MR) is 61.6 cm³/mol. The first-order valence-corrected chi connectivity index (χ1v) is 5.08. The van der Waals surface area contributed by atoms with E-state index in [1.165, 1.54) is 0 Å². The summed E-state index contributed by atoms with van der Waals surface area (Å²) < 4.78 is 5.36. The van der Waals surface area contributed by atoms with Crippen molar-refractivity contribution in [2.24, 2.45) is 5.73 Å². The molecule has 0 aliphatic heterocycles. The molecule has 0 unspecified atom stereocenters. The molecule has 0 radical (unpaired) electrons. The second-order valence-corrected chi connectivity index (χ2v) is 2.63. The van der Waals surface area contributed by atoms with E-state index in [1.807, 2.05) is 32.9 Å². The summed E-state index contributed by atoms with van der Waals surface area (Å²) in [6.07, 6.45) is 2.61. The molecule has 3 heteroatoms. The van der Waals surface area contributed by atoms with E-state index in [9.17, 15) is 0 Å². The van der Waals surface area contributed by atoms with Crippen LogP contribution in [0.4, 0.5) is 0 Å². The minimum atomic E-state index is 0. The number of nitrogens with zero attached hydrogens (tertiary/aromatic N) is 1. The summed E-state index contributed by atoms with van der Waals surface area (Å²) in [7, 11) is 0. The summed E-state index contributed by atoms with van der Waals surface area (Å²) in [5.41, 5.74) is 6.32. The number of rotatable bonds is 4. The highest BCUT2D eigenvalue weighted by atomic mass is 16.5. The van der Waals surface area contributed by atoms with E-state index >= 15 is 0 Å². The second kappa shape index (κ2) is 8.51. The molecule has 0 saturated heterocycles. The quantitative estimate of drug-likeness (QED) is 0.756. The van der Waals surface area contributed by atoms with E-state index in [-0.39, 0.29) is 1.43 Å². The van der Waals surface area contributed by atoms with Crippen molar-refractivity contribution in [1.29, 1.82) is 0 Å². The molecule has 0 fully saturated rings. The third-order valence-corrected chi connectivity index (χ3v) is 1.50. The van der Waals surface area contributed by atoms with Gasteiger partial charge in [-0.15, -0.1) is 0 Å². The lowest BCUT2D eigenvalue weighted by Crippen LogP contribution is -2.06. The molecular weight excluding hydrogens is 176 g/mol. The van der Waals surface area contributed by atoms with Crippen LogP contribution in [0.2, 0.25) is 0 Å². The molecule has 0 saturated carbocycles. The number of ether oxygens (including phenoxy) is 1. The van der Waals surface area contributed by atoms with Gasteiger partial charge in [-0.2, -0.15) is 0 Å². The summed E-state index contributed by atoms with van der Waals surface area (Å²) in [6, 6.07) is 3.84. The normalized spacial score (nSPS) is 8.86. The number of aromatic nitrogens is 1. The fraction of sp³-hybridized carbons (Fsp3) is 0.545. The molecule has 0 spiro atoms. The fourth-order valence-electron chi connectivity index (χ4n) is 0.813. The first kappa shape index (κ1) is 12.9. The van der Waals surface area contributed by atoms with E-state index in [1.54, 1.807) is 6.20 Å².